The number of anilines is 3. The molecule has 0 fully saturated rings. The zero-order valence-electron chi connectivity index (χ0n) is 16.8. The Morgan fingerprint density at radius 1 is 1.10 bits per heavy atom. The third-order valence-electron chi connectivity index (χ3n) is 5.15. The summed E-state index contributed by atoms with van der Waals surface area (Å²) in [5.74, 6) is 0.383. The minimum absolute atomic E-state index is 0.165. The molecule has 0 unspecified atom stereocenters. The Balaban J connectivity index is 1.73. The van der Waals surface area contributed by atoms with Crippen LogP contribution in [0.5, 0.6) is 0 Å². The van der Waals surface area contributed by atoms with Crippen molar-refractivity contribution in [2.75, 3.05) is 22.1 Å². The van der Waals surface area contributed by atoms with Crippen LogP contribution in [-0.4, -0.2) is 23.6 Å². The van der Waals surface area contributed by atoms with Crippen molar-refractivity contribution in [2.45, 2.75) is 25.6 Å². The summed E-state index contributed by atoms with van der Waals surface area (Å²) in [6, 6.07) is 17.0. The predicted molar refractivity (Wildman–Crippen MR) is 115 cm³/mol. The summed E-state index contributed by atoms with van der Waals surface area (Å²) >= 11 is 0. The molecule has 0 saturated heterocycles. The smallest absolute Gasteiger partial charge is 0.382 e. The second kappa shape index (κ2) is 8.29. The van der Waals surface area contributed by atoms with Gasteiger partial charge in [0, 0.05) is 23.8 Å². The number of benzene rings is 2. The number of hydrogen-bond acceptors (Lipinski definition) is 3. The third-order valence-corrected chi connectivity index (χ3v) is 5.15. The van der Waals surface area contributed by atoms with Gasteiger partial charge in [0.15, 0.2) is 5.82 Å². The van der Waals surface area contributed by atoms with Crippen LogP contribution in [0.15, 0.2) is 66.7 Å². The van der Waals surface area contributed by atoms with Gasteiger partial charge in [-0.25, -0.2) is 9.78 Å². The molecule has 3 aromatic rings. The molecule has 160 valence electrons. The first-order chi connectivity index (χ1) is 14.8. The monoisotopic (exact) mass is 426 g/mol. The molecule has 1 aliphatic rings. The fourth-order valence-corrected chi connectivity index (χ4v) is 3.54. The highest BCUT2D eigenvalue weighted by atomic mass is 19.4. The van der Waals surface area contributed by atoms with Crippen molar-refractivity contribution >= 4 is 23.2 Å². The Morgan fingerprint density at radius 2 is 1.87 bits per heavy atom. The maximum absolute atomic E-state index is 13.1. The third kappa shape index (κ3) is 4.47. The second-order valence-electron chi connectivity index (χ2n) is 7.38. The van der Waals surface area contributed by atoms with Crippen molar-refractivity contribution < 1.29 is 18.0 Å². The van der Waals surface area contributed by atoms with Gasteiger partial charge in [0.25, 0.3) is 0 Å². The Morgan fingerprint density at radius 3 is 2.61 bits per heavy atom. The number of nitrogens with one attached hydrogen (secondary N) is 2. The van der Waals surface area contributed by atoms with Gasteiger partial charge in [-0.05, 0) is 49.7 Å². The van der Waals surface area contributed by atoms with Gasteiger partial charge in [0.05, 0.1) is 16.9 Å². The largest absolute Gasteiger partial charge is 0.416 e. The van der Waals surface area contributed by atoms with Gasteiger partial charge in [0.2, 0.25) is 0 Å². The van der Waals surface area contributed by atoms with Crippen LogP contribution >= 0.6 is 0 Å². The zero-order chi connectivity index (χ0) is 22.0. The highest BCUT2D eigenvalue weighted by molar-refractivity contribution is 6.03. The quantitative estimate of drug-likeness (QED) is 0.528. The SMILES string of the molecule is C[C@@H]1CCNc2ccc(-c3cccc(C(F)(F)F)c3)nc2N1C(=O)Nc1ccccc1. The molecule has 8 heteroatoms. The van der Waals surface area contributed by atoms with E-state index in [1.54, 1.807) is 35.2 Å². The molecule has 0 saturated carbocycles. The molecule has 2 aromatic carbocycles. The average molecular weight is 426 g/mol. The molecule has 0 aliphatic carbocycles. The van der Waals surface area contributed by atoms with Crippen molar-refractivity contribution in [3.8, 4) is 11.3 Å². The van der Waals surface area contributed by atoms with Gasteiger partial charge in [-0.2, -0.15) is 13.2 Å². The Hall–Kier alpha value is -3.55. The number of rotatable bonds is 2. The molecule has 2 N–H and O–H groups in total. The van der Waals surface area contributed by atoms with E-state index in [4.69, 9.17) is 0 Å². The lowest BCUT2D eigenvalue weighted by molar-refractivity contribution is -0.137. The Kier molecular flexibility index (Phi) is 5.54. The summed E-state index contributed by atoms with van der Waals surface area (Å²) in [7, 11) is 0. The van der Waals surface area contributed by atoms with Crippen LogP contribution in [0, 0.1) is 0 Å². The summed E-state index contributed by atoms with van der Waals surface area (Å²) in [6.45, 7) is 2.56. The lowest BCUT2D eigenvalue weighted by atomic mass is 10.1. The molecule has 5 nitrogen and oxygen atoms in total. The minimum atomic E-state index is -4.45. The molecular weight excluding hydrogens is 405 g/mol. The maximum atomic E-state index is 13.1. The lowest BCUT2D eigenvalue weighted by Gasteiger charge is -2.27. The van der Waals surface area contributed by atoms with Crippen molar-refractivity contribution in [3.63, 3.8) is 0 Å². The second-order valence-corrected chi connectivity index (χ2v) is 7.38. The molecule has 0 spiro atoms. The first-order valence-electron chi connectivity index (χ1n) is 9.91. The number of amides is 2. The number of carbonyl (C=O) groups excluding carboxylic acids is 1. The molecular formula is C23H21F3N4O. The van der Waals surface area contributed by atoms with E-state index in [9.17, 15) is 18.0 Å². The number of alkyl halides is 3. The fraction of sp³-hybridized carbons (Fsp3) is 0.217. The summed E-state index contributed by atoms with van der Waals surface area (Å²) in [5, 5.41) is 6.12. The average Bonchev–Trinajstić information content (AvgIpc) is 2.91. The van der Waals surface area contributed by atoms with Gasteiger partial charge < -0.3 is 10.6 Å². The number of urea groups is 1. The molecule has 31 heavy (non-hydrogen) atoms. The van der Waals surface area contributed by atoms with Crippen LogP contribution in [-0.2, 0) is 6.18 Å². The normalized spacial score (nSPS) is 16.1. The Labute approximate surface area is 177 Å². The fourth-order valence-electron chi connectivity index (χ4n) is 3.54. The van der Waals surface area contributed by atoms with Gasteiger partial charge in [0.1, 0.15) is 0 Å². The molecule has 1 aliphatic heterocycles. The molecule has 1 aromatic heterocycles. The van der Waals surface area contributed by atoms with Crippen LogP contribution < -0.4 is 15.5 Å². The van der Waals surface area contributed by atoms with Gasteiger partial charge in [-0.3, -0.25) is 4.90 Å². The van der Waals surface area contributed by atoms with E-state index in [0.717, 1.165) is 12.1 Å². The number of halogens is 3. The van der Waals surface area contributed by atoms with Crippen LogP contribution in [0.4, 0.5) is 35.2 Å². The number of para-hydroxylation sites is 1. The van der Waals surface area contributed by atoms with Crippen molar-refractivity contribution in [1.82, 2.24) is 4.98 Å². The van der Waals surface area contributed by atoms with Crippen molar-refractivity contribution in [3.05, 3.63) is 72.3 Å². The van der Waals surface area contributed by atoms with E-state index >= 15 is 0 Å². The van der Waals surface area contributed by atoms with E-state index in [1.165, 1.54) is 6.07 Å². The molecule has 0 bridgehead atoms. The number of carbonyl (C=O) groups is 1. The highest BCUT2D eigenvalue weighted by Crippen LogP contribution is 2.35. The van der Waals surface area contributed by atoms with E-state index in [-0.39, 0.29) is 12.1 Å². The molecule has 1 atom stereocenters. The van der Waals surface area contributed by atoms with Crippen molar-refractivity contribution in [1.29, 1.82) is 0 Å². The summed E-state index contributed by atoms with van der Waals surface area (Å²) < 4.78 is 39.4. The summed E-state index contributed by atoms with van der Waals surface area (Å²) in [5.41, 5.74) is 1.25. The standard InChI is InChI=1S/C23H21F3N4O/c1-15-12-13-27-20-11-10-19(16-6-5-7-17(14-16)23(24,25)26)29-21(20)30(15)22(31)28-18-8-3-2-4-9-18/h2-11,14-15,27H,12-13H2,1H3,(H,28,31)/t15-/m1/s1. The van der Waals surface area contributed by atoms with Crippen LogP contribution in [0.3, 0.4) is 0 Å². The topological polar surface area (TPSA) is 57.3 Å². The van der Waals surface area contributed by atoms with E-state index in [2.05, 4.69) is 15.6 Å². The molecule has 2 heterocycles. The van der Waals surface area contributed by atoms with E-state index in [0.29, 0.717) is 41.4 Å². The predicted octanol–water partition coefficient (Wildman–Crippen LogP) is 6.01. The van der Waals surface area contributed by atoms with Gasteiger partial charge >= 0.3 is 12.2 Å². The summed E-state index contributed by atoms with van der Waals surface area (Å²) in [4.78, 5) is 19.3. The highest BCUT2D eigenvalue weighted by Gasteiger charge is 2.31. The zero-order valence-corrected chi connectivity index (χ0v) is 16.8. The van der Waals surface area contributed by atoms with Crippen molar-refractivity contribution in [2.24, 2.45) is 0 Å². The first kappa shape index (κ1) is 20.7. The van der Waals surface area contributed by atoms with Gasteiger partial charge in [-0.15, -0.1) is 0 Å². The number of fused-ring (bicyclic) bond motifs is 1. The van der Waals surface area contributed by atoms with Crippen LogP contribution in [0.1, 0.15) is 18.9 Å². The van der Waals surface area contributed by atoms with Gasteiger partial charge in [-0.1, -0.05) is 30.3 Å². The van der Waals surface area contributed by atoms with Crippen LogP contribution in [0.2, 0.25) is 0 Å². The number of nitrogens with zero attached hydrogens (tertiary/aromatic N) is 2. The Bertz CT molecular complexity index is 1090. The summed E-state index contributed by atoms with van der Waals surface area (Å²) in [6.07, 6.45) is -3.75. The maximum Gasteiger partial charge on any atom is 0.416 e. The number of pyridine rings is 1. The van der Waals surface area contributed by atoms with E-state index in [1.807, 2.05) is 25.1 Å². The lowest BCUT2D eigenvalue weighted by Crippen LogP contribution is -2.42. The molecule has 4 rings (SSSR count). The molecule has 0 radical (unpaired) electrons. The van der Waals surface area contributed by atoms with Crippen LogP contribution in [0.25, 0.3) is 11.3 Å². The number of hydrogen-bond donors (Lipinski definition) is 2. The molecule has 2 amide bonds. The minimum Gasteiger partial charge on any atom is -0.382 e. The first-order valence-corrected chi connectivity index (χ1v) is 9.91. The van der Waals surface area contributed by atoms with E-state index < -0.39 is 11.7 Å². The number of aromatic nitrogens is 1.